The molecule has 0 bridgehead atoms. The molecule has 0 amide bonds. The van der Waals surface area contributed by atoms with Gasteiger partial charge in [0.1, 0.15) is 0 Å². The van der Waals surface area contributed by atoms with Crippen LogP contribution in [0, 0.1) is 17.8 Å². The normalized spacial score (nSPS) is 31.5. The highest BCUT2D eigenvalue weighted by atomic mass is 16.4. The Kier molecular flexibility index (Phi) is 2.49. The van der Waals surface area contributed by atoms with E-state index in [2.05, 4.69) is 6.92 Å². The van der Waals surface area contributed by atoms with Gasteiger partial charge in [0.25, 0.3) is 0 Å². The van der Waals surface area contributed by atoms with Crippen molar-refractivity contribution >= 4 is 5.97 Å². The molecule has 3 nitrogen and oxygen atoms in total. The monoisotopic (exact) mass is 157 g/mol. The van der Waals surface area contributed by atoms with Crippen molar-refractivity contribution in [3.8, 4) is 0 Å². The van der Waals surface area contributed by atoms with E-state index in [-0.39, 0.29) is 12.3 Å². The standard InChI is InChI=1S/C8H15NO2/c1-5-2-7(5)6(4-9)3-8(10)11/h5-7H,2-4,9H2,1H3,(H,10,11). The van der Waals surface area contributed by atoms with Crippen LogP contribution in [-0.2, 0) is 4.79 Å². The predicted molar refractivity (Wildman–Crippen MR) is 42.1 cm³/mol. The Bertz CT molecular complexity index is 158. The van der Waals surface area contributed by atoms with Crippen LogP contribution in [0.5, 0.6) is 0 Å². The fourth-order valence-corrected chi connectivity index (χ4v) is 1.64. The molecule has 3 atom stereocenters. The van der Waals surface area contributed by atoms with Gasteiger partial charge in [-0.2, -0.15) is 0 Å². The van der Waals surface area contributed by atoms with Gasteiger partial charge < -0.3 is 10.8 Å². The van der Waals surface area contributed by atoms with Gasteiger partial charge in [0.15, 0.2) is 0 Å². The molecule has 11 heavy (non-hydrogen) atoms. The molecule has 0 saturated heterocycles. The zero-order valence-corrected chi connectivity index (χ0v) is 6.79. The lowest BCUT2D eigenvalue weighted by Crippen LogP contribution is -2.20. The molecule has 0 heterocycles. The van der Waals surface area contributed by atoms with Crippen molar-refractivity contribution in [1.29, 1.82) is 0 Å². The van der Waals surface area contributed by atoms with Crippen LogP contribution in [0.1, 0.15) is 19.8 Å². The fourth-order valence-electron chi connectivity index (χ4n) is 1.64. The van der Waals surface area contributed by atoms with Gasteiger partial charge in [-0.3, -0.25) is 4.79 Å². The molecule has 0 spiro atoms. The summed E-state index contributed by atoms with van der Waals surface area (Å²) in [5.41, 5.74) is 5.46. The largest absolute Gasteiger partial charge is 0.481 e. The van der Waals surface area contributed by atoms with E-state index in [0.717, 1.165) is 6.42 Å². The molecular weight excluding hydrogens is 142 g/mol. The second kappa shape index (κ2) is 3.22. The molecule has 1 fully saturated rings. The fraction of sp³-hybridized carbons (Fsp3) is 0.875. The Hall–Kier alpha value is -0.570. The minimum absolute atomic E-state index is 0.211. The molecule has 1 rings (SSSR count). The average molecular weight is 157 g/mol. The van der Waals surface area contributed by atoms with E-state index in [9.17, 15) is 4.79 Å². The van der Waals surface area contributed by atoms with E-state index >= 15 is 0 Å². The first kappa shape index (κ1) is 8.53. The highest BCUT2D eigenvalue weighted by Gasteiger charge is 2.39. The van der Waals surface area contributed by atoms with Crippen molar-refractivity contribution in [3.63, 3.8) is 0 Å². The molecular formula is C8H15NO2. The molecule has 3 unspecified atom stereocenters. The number of carbonyl (C=O) groups is 1. The maximum Gasteiger partial charge on any atom is 0.303 e. The lowest BCUT2D eigenvalue weighted by molar-refractivity contribution is -0.138. The molecule has 0 aromatic carbocycles. The van der Waals surface area contributed by atoms with Gasteiger partial charge in [0, 0.05) is 6.42 Å². The maximum atomic E-state index is 10.4. The molecule has 0 radical (unpaired) electrons. The summed E-state index contributed by atoms with van der Waals surface area (Å²) in [5.74, 6) is 0.765. The van der Waals surface area contributed by atoms with Gasteiger partial charge in [-0.05, 0) is 30.7 Å². The first-order valence-corrected chi connectivity index (χ1v) is 4.07. The first-order chi connectivity index (χ1) is 5.15. The highest BCUT2D eigenvalue weighted by molar-refractivity contribution is 5.67. The summed E-state index contributed by atoms with van der Waals surface area (Å²) in [6.45, 7) is 2.66. The third-order valence-corrected chi connectivity index (χ3v) is 2.52. The summed E-state index contributed by atoms with van der Waals surface area (Å²) in [5, 5.41) is 8.52. The third-order valence-electron chi connectivity index (χ3n) is 2.52. The van der Waals surface area contributed by atoms with Crippen LogP contribution in [0.3, 0.4) is 0 Å². The van der Waals surface area contributed by atoms with Crippen molar-refractivity contribution in [2.75, 3.05) is 6.54 Å². The minimum atomic E-state index is -0.723. The number of carboxylic acids is 1. The quantitative estimate of drug-likeness (QED) is 0.631. The number of nitrogens with two attached hydrogens (primary N) is 1. The third kappa shape index (κ3) is 2.19. The Morgan fingerprint density at radius 1 is 1.82 bits per heavy atom. The zero-order valence-electron chi connectivity index (χ0n) is 6.79. The molecule has 0 aliphatic heterocycles. The summed E-state index contributed by atoms with van der Waals surface area (Å²) in [4.78, 5) is 10.4. The minimum Gasteiger partial charge on any atom is -0.481 e. The summed E-state index contributed by atoms with van der Waals surface area (Å²) in [7, 11) is 0. The van der Waals surface area contributed by atoms with Gasteiger partial charge in [-0.15, -0.1) is 0 Å². The maximum absolute atomic E-state index is 10.4. The predicted octanol–water partition coefficient (Wildman–Crippen LogP) is 0.692. The van der Waals surface area contributed by atoms with Gasteiger partial charge >= 0.3 is 5.97 Å². The Morgan fingerprint density at radius 3 is 2.64 bits per heavy atom. The van der Waals surface area contributed by atoms with Crippen molar-refractivity contribution in [3.05, 3.63) is 0 Å². The second-order valence-electron chi connectivity index (χ2n) is 3.47. The first-order valence-electron chi connectivity index (χ1n) is 4.07. The van der Waals surface area contributed by atoms with Crippen LogP contribution in [-0.4, -0.2) is 17.6 Å². The van der Waals surface area contributed by atoms with Gasteiger partial charge in [-0.25, -0.2) is 0 Å². The smallest absolute Gasteiger partial charge is 0.303 e. The van der Waals surface area contributed by atoms with E-state index in [1.807, 2.05) is 0 Å². The van der Waals surface area contributed by atoms with E-state index in [1.54, 1.807) is 0 Å². The SMILES string of the molecule is CC1CC1C(CN)CC(=O)O. The van der Waals surface area contributed by atoms with Gasteiger partial charge in [-0.1, -0.05) is 6.92 Å². The van der Waals surface area contributed by atoms with Crippen LogP contribution in [0.2, 0.25) is 0 Å². The molecule has 1 aliphatic carbocycles. The summed E-state index contributed by atoms with van der Waals surface area (Å²) in [6, 6.07) is 0. The Balaban J connectivity index is 2.32. The van der Waals surface area contributed by atoms with E-state index in [1.165, 1.54) is 0 Å². The van der Waals surface area contributed by atoms with Crippen molar-refractivity contribution in [2.24, 2.45) is 23.5 Å². The molecule has 3 N–H and O–H groups in total. The topological polar surface area (TPSA) is 63.3 Å². The van der Waals surface area contributed by atoms with E-state index < -0.39 is 5.97 Å². The lowest BCUT2D eigenvalue weighted by atomic mass is 9.99. The number of hydrogen-bond donors (Lipinski definition) is 2. The van der Waals surface area contributed by atoms with Crippen LogP contribution in [0.4, 0.5) is 0 Å². The number of aliphatic carboxylic acids is 1. The van der Waals surface area contributed by atoms with E-state index in [4.69, 9.17) is 10.8 Å². The zero-order chi connectivity index (χ0) is 8.43. The Morgan fingerprint density at radius 2 is 2.36 bits per heavy atom. The van der Waals surface area contributed by atoms with Crippen molar-refractivity contribution in [1.82, 2.24) is 0 Å². The van der Waals surface area contributed by atoms with Crippen LogP contribution < -0.4 is 5.73 Å². The number of carboxylic acid groups (broad SMARTS) is 1. The van der Waals surface area contributed by atoms with Crippen LogP contribution in [0.25, 0.3) is 0 Å². The molecule has 0 aromatic heterocycles. The van der Waals surface area contributed by atoms with Gasteiger partial charge in [0.2, 0.25) is 0 Å². The molecule has 1 aliphatic rings. The molecule has 64 valence electrons. The molecule has 0 aromatic rings. The molecule has 1 saturated carbocycles. The Labute approximate surface area is 66.6 Å². The van der Waals surface area contributed by atoms with Crippen LogP contribution in [0.15, 0.2) is 0 Å². The number of rotatable bonds is 4. The van der Waals surface area contributed by atoms with Gasteiger partial charge in [0.05, 0.1) is 0 Å². The second-order valence-corrected chi connectivity index (χ2v) is 3.47. The highest BCUT2D eigenvalue weighted by Crippen LogP contribution is 2.44. The summed E-state index contributed by atoms with van der Waals surface area (Å²) < 4.78 is 0. The van der Waals surface area contributed by atoms with Crippen LogP contribution >= 0.6 is 0 Å². The van der Waals surface area contributed by atoms with E-state index in [0.29, 0.717) is 18.4 Å². The summed E-state index contributed by atoms with van der Waals surface area (Å²) in [6.07, 6.45) is 1.40. The van der Waals surface area contributed by atoms with Crippen molar-refractivity contribution < 1.29 is 9.90 Å². The van der Waals surface area contributed by atoms with Crippen molar-refractivity contribution in [2.45, 2.75) is 19.8 Å². The lowest BCUT2D eigenvalue weighted by Gasteiger charge is -2.10. The molecule has 3 heteroatoms. The average Bonchev–Trinajstić information content (AvgIpc) is 2.61. The number of hydrogen-bond acceptors (Lipinski definition) is 2. The summed E-state index contributed by atoms with van der Waals surface area (Å²) >= 11 is 0.